The average molecular weight is 297 g/mol. The number of likely N-dealkylation sites (N-methyl/N-ethyl adjacent to an activating group) is 1. The van der Waals surface area contributed by atoms with Crippen LogP contribution < -0.4 is 0 Å². The molecule has 1 fully saturated rings. The van der Waals surface area contributed by atoms with Gasteiger partial charge in [-0.05, 0) is 18.4 Å². The highest BCUT2D eigenvalue weighted by Crippen LogP contribution is 2.08. The zero-order valence-corrected chi connectivity index (χ0v) is 14.3. The first-order chi connectivity index (χ1) is 9.85. The van der Waals surface area contributed by atoms with Gasteiger partial charge in [-0.3, -0.25) is 9.59 Å². The van der Waals surface area contributed by atoms with Crippen molar-refractivity contribution >= 4 is 11.8 Å². The molecule has 0 atom stereocenters. The van der Waals surface area contributed by atoms with Gasteiger partial charge >= 0.3 is 11.8 Å². The molecule has 21 heavy (non-hydrogen) atoms. The van der Waals surface area contributed by atoms with Crippen molar-refractivity contribution in [1.29, 1.82) is 0 Å². The maximum absolute atomic E-state index is 12.5. The number of hydrogen-bond acceptors (Lipinski definition) is 3. The second kappa shape index (κ2) is 8.37. The molecule has 0 unspecified atom stereocenters. The Labute approximate surface area is 129 Å². The SMILES string of the molecule is CCN1CCN(C(=O)C(=O)N(CC(C)C)CC(C)C)CC1. The molecule has 1 rings (SSSR count). The van der Waals surface area contributed by atoms with E-state index >= 15 is 0 Å². The number of rotatable bonds is 5. The molecule has 1 aliphatic heterocycles. The van der Waals surface area contributed by atoms with E-state index in [1.165, 1.54) is 0 Å². The van der Waals surface area contributed by atoms with Crippen molar-refractivity contribution in [2.45, 2.75) is 34.6 Å². The van der Waals surface area contributed by atoms with Gasteiger partial charge in [-0.15, -0.1) is 0 Å². The summed E-state index contributed by atoms with van der Waals surface area (Å²) in [6.07, 6.45) is 0. The lowest BCUT2D eigenvalue weighted by Gasteiger charge is -2.35. The summed E-state index contributed by atoms with van der Waals surface area (Å²) in [5, 5.41) is 0. The Morgan fingerprint density at radius 2 is 1.43 bits per heavy atom. The van der Waals surface area contributed by atoms with E-state index in [-0.39, 0.29) is 11.8 Å². The molecule has 0 aliphatic carbocycles. The van der Waals surface area contributed by atoms with Crippen LogP contribution in [0.1, 0.15) is 34.6 Å². The minimum Gasteiger partial charge on any atom is -0.334 e. The monoisotopic (exact) mass is 297 g/mol. The van der Waals surface area contributed by atoms with Gasteiger partial charge in [0.1, 0.15) is 0 Å². The highest BCUT2D eigenvalue weighted by atomic mass is 16.2. The van der Waals surface area contributed by atoms with Crippen LogP contribution in [-0.2, 0) is 9.59 Å². The molecule has 5 heteroatoms. The molecular formula is C16H31N3O2. The predicted molar refractivity (Wildman–Crippen MR) is 85.0 cm³/mol. The van der Waals surface area contributed by atoms with Gasteiger partial charge in [-0.1, -0.05) is 34.6 Å². The summed E-state index contributed by atoms with van der Waals surface area (Å²) in [6.45, 7) is 15.8. The molecule has 0 spiro atoms. The van der Waals surface area contributed by atoms with E-state index < -0.39 is 0 Å². The summed E-state index contributed by atoms with van der Waals surface area (Å²) in [5.41, 5.74) is 0. The minimum atomic E-state index is -0.331. The van der Waals surface area contributed by atoms with Crippen LogP contribution in [0.2, 0.25) is 0 Å². The van der Waals surface area contributed by atoms with Crippen LogP contribution >= 0.6 is 0 Å². The van der Waals surface area contributed by atoms with E-state index in [9.17, 15) is 9.59 Å². The number of carbonyl (C=O) groups is 2. The van der Waals surface area contributed by atoms with Gasteiger partial charge in [-0.25, -0.2) is 0 Å². The third-order valence-electron chi connectivity index (χ3n) is 3.75. The molecule has 1 aliphatic rings. The molecule has 5 nitrogen and oxygen atoms in total. The Balaban J connectivity index is 2.63. The number of carbonyl (C=O) groups excluding carboxylic acids is 2. The third-order valence-corrected chi connectivity index (χ3v) is 3.75. The molecule has 0 N–H and O–H groups in total. The van der Waals surface area contributed by atoms with Gasteiger partial charge < -0.3 is 14.7 Å². The fourth-order valence-electron chi connectivity index (χ4n) is 2.66. The molecule has 0 radical (unpaired) electrons. The minimum absolute atomic E-state index is 0.327. The largest absolute Gasteiger partial charge is 0.334 e. The van der Waals surface area contributed by atoms with Crippen molar-refractivity contribution in [3.05, 3.63) is 0 Å². The van der Waals surface area contributed by atoms with Gasteiger partial charge in [0.15, 0.2) is 0 Å². The van der Waals surface area contributed by atoms with Crippen molar-refractivity contribution in [2.75, 3.05) is 45.8 Å². The number of hydrogen-bond donors (Lipinski definition) is 0. The van der Waals surface area contributed by atoms with Crippen molar-refractivity contribution in [3.8, 4) is 0 Å². The van der Waals surface area contributed by atoms with Gasteiger partial charge in [-0.2, -0.15) is 0 Å². The molecule has 0 saturated carbocycles. The molecule has 122 valence electrons. The maximum atomic E-state index is 12.5. The van der Waals surface area contributed by atoms with Gasteiger partial charge in [0.25, 0.3) is 0 Å². The molecule has 0 bridgehead atoms. The first-order valence-electron chi connectivity index (χ1n) is 8.15. The number of amides is 2. The van der Waals surface area contributed by atoms with Crippen molar-refractivity contribution in [2.24, 2.45) is 11.8 Å². The fraction of sp³-hybridized carbons (Fsp3) is 0.875. The second-order valence-corrected chi connectivity index (χ2v) is 6.72. The van der Waals surface area contributed by atoms with E-state index in [2.05, 4.69) is 39.5 Å². The lowest BCUT2D eigenvalue weighted by atomic mass is 10.1. The Kier molecular flexibility index (Phi) is 7.15. The van der Waals surface area contributed by atoms with Crippen molar-refractivity contribution in [1.82, 2.24) is 14.7 Å². The first kappa shape index (κ1) is 18.0. The summed E-state index contributed by atoms with van der Waals surface area (Å²) in [4.78, 5) is 30.6. The fourth-order valence-corrected chi connectivity index (χ4v) is 2.66. The zero-order chi connectivity index (χ0) is 16.0. The standard InChI is InChI=1S/C16H31N3O2/c1-6-17-7-9-18(10-8-17)15(20)16(21)19(11-13(2)3)12-14(4)5/h13-14H,6-12H2,1-5H3. The maximum Gasteiger partial charge on any atom is 0.312 e. The number of piperazine rings is 1. The lowest BCUT2D eigenvalue weighted by Crippen LogP contribution is -2.54. The van der Waals surface area contributed by atoms with Crippen LogP contribution in [0.15, 0.2) is 0 Å². The topological polar surface area (TPSA) is 43.9 Å². The molecule has 0 aromatic heterocycles. The highest BCUT2D eigenvalue weighted by molar-refractivity contribution is 6.34. The van der Waals surface area contributed by atoms with E-state index in [0.29, 0.717) is 38.0 Å². The van der Waals surface area contributed by atoms with Crippen LogP contribution in [0.4, 0.5) is 0 Å². The van der Waals surface area contributed by atoms with Crippen LogP contribution in [0.3, 0.4) is 0 Å². The summed E-state index contributed by atoms with van der Waals surface area (Å²) >= 11 is 0. The summed E-state index contributed by atoms with van der Waals surface area (Å²) < 4.78 is 0. The molecule has 2 amide bonds. The van der Waals surface area contributed by atoms with E-state index in [4.69, 9.17) is 0 Å². The zero-order valence-electron chi connectivity index (χ0n) is 14.3. The van der Waals surface area contributed by atoms with E-state index in [1.807, 2.05) is 0 Å². The quantitative estimate of drug-likeness (QED) is 0.718. The second-order valence-electron chi connectivity index (χ2n) is 6.72. The lowest BCUT2D eigenvalue weighted by molar-refractivity contribution is -0.153. The average Bonchev–Trinajstić information content (AvgIpc) is 2.44. The Morgan fingerprint density at radius 1 is 0.952 bits per heavy atom. The van der Waals surface area contributed by atoms with Gasteiger partial charge in [0.2, 0.25) is 0 Å². The van der Waals surface area contributed by atoms with Gasteiger partial charge in [0, 0.05) is 39.3 Å². The summed E-state index contributed by atoms with van der Waals surface area (Å²) in [7, 11) is 0. The van der Waals surface area contributed by atoms with E-state index in [1.54, 1.807) is 9.80 Å². The van der Waals surface area contributed by atoms with E-state index in [0.717, 1.165) is 19.6 Å². The van der Waals surface area contributed by atoms with Crippen molar-refractivity contribution in [3.63, 3.8) is 0 Å². The van der Waals surface area contributed by atoms with Crippen LogP contribution in [0.25, 0.3) is 0 Å². The first-order valence-corrected chi connectivity index (χ1v) is 8.15. The summed E-state index contributed by atoms with van der Waals surface area (Å²) in [6, 6.07) is 0. The Bertz CT molecular complexity index is 337. The van der Waals surface area contributed by atoms with Crippen LogP contribution in [0, 0.1) is 11.8 Å². The molecule has 1 saturated heterocycles. The third kappa shape index (κ3) is 5.65. The normalized spacial score (nSPS) is 16.6. The number of nitrogens with zero attached hydrogens (tertiary/aromatic N) is 3. The van der Waals surface area contributed by atoms with Crippen LogP contribution in [0.5, 0.6) is 0 Å². The predicted octanol–water partition coefficient (Wildman–Crippen LogP) is 1.29. The Morgan fingerprint density at radius 3 is 1.81 bits per heavy atom. The Hall–Kier alpha value is -1.10. The highest BCUT2D eigenvalue weighted by Gasteiger charge is 2.29. The van der Waals surface area contributed by atoms with Crippen molar-refractivity contribution < 1.29 is 9.59 Å². The molecule has 1 heterocycles. The molecule has 0 aromatic carbocycles. The van der Waals surface area contributed by atoms with Crippen LogP contribution in [-0.4, -0.2) is 72.3 Å². The summed E-state index contributed by atoms with van der Waals surface area (Å²) in [5.74, 6) is 0.0873. The van der Waals surface area contributed by atoms with Gasteiger partial charge in [0.05, 0.1) is 0 Å². The smallest absolute Gasteiger partial charge is 0.312 e. The molecule has 0 aromatic rings. The molecular weight excluding hydrogens is 266 g/mol.